The third kappa shape index (κ3) is 1.77. The highest BCUT2D eigenvalue weighted by Gasteiger charge is 2.57. The molecule has 0 heterocycles. The Morgan fingerprint density at radius 2 is 1.95 bits per heavy atom. The number of ketones is 1. The summed E-state index contributed by atoms with van der Waals surface area (Å²) < 4.78 is 0. The van der Waals surface area contributed by atoms with Gasteiger partial charge in [0.25, 0.3) is 0 Å². The zero-order valence-electron chi connectivity index (χ0n) is 12.9. The van der Waals surface area contributed by atoms with Crippen LogP contribution in [-0.4, -0.2) is 16.5 Å². The van der Waals surface area contributed by atoms with Gasteiger partial charge in [0.05, 0.1) is 5.60 Å². The maximum absolute atomic E-state index is 12.0. The van der Waals surface area contributed by atoms with Gasteiger partial charge in [-0.1, -0.05) is 26.5 Å². The lowest BCUT2D eigenvalue weighted by Crippen LogP contribution is -2.55. The highest BCUT2D eigenvalue weighted by molar-refractivity contribution is 6.05. The number of allylic oxidation sites excluding steroid dienone is 3. The van der Waals surface area contributed by atoms with Crippen LogP contribution in [0.15, 0.2) is 24.3 Å². The second-order valence-electron chi connectivity index (χ2n) is 8.04. The Hall–Kier alpha value is -0.890. The van der Waals surface area contributed by atoms with Crippen molar-refractivity contribution in [3.63, 3.8) is 0 Å². The predicted molar refractivity (Wildman–Crippen MR) is 80.2 cm³/mol. The number of carbonyl (C=O) groups is 1. The van der Waals surface area contributed by atoms with E-state index in [1.54, 1.807) is 6.08 Å². The Kier molecular flexibility index (Phi) is 2.86. The van der Waals surface area contributed by atoms with Gasteiger partial charge in [0.2, 0.25) is 0 Å². The second kappa shape index (κ2) is 4.07. The average Bonchev–Trinajstić information content (AvgIpc) is 2.37. The van der Waals surface area contributed by atoms with Gasteiger partial charge in [-0.05, 0) is 67.9 Å². The van der Waals surface area contributed by atoms with E-state index in [1.807, 2.05) is 6.92 Å². The number of aliphatic hydroxyl groups is 1. The summed E-state index contributed by atoms with van der Waals surface area (Å²) in [5, 5.41) is 10.4. The lowest BCUT2D eigenvalue weighted by Gasteiger charge is -2.60. The largest absolute Gasteiger partial charge is 0.390 e. The van der Waals surface area contributed by atoms with Crippen LogP contribution in [0.3, 0.4) is 0 Å². The van der Waals surface area contributed by atoms with Crippen LogP contribution >= 0.6 is 0 Å². The van der Waals surface area contributed by atoms with Crippen LogP contribution in [0.5, 0.6) is 0 Å². The second-order valence-corrected chi connectivity index (χ2v) is 8.04. The Balaban J connectivity index is 2.01. The molecule has 0 aromatic rings. The fraction of sp³-hybridized carbons (Fsp3) is 0.722. The fourth-order valence-corrected chi connectivity index (χ4v) is 5.14. The van der Waals surface area contributed by atoms with Crippen molar-refractivity contribution in [2.75, 3.05) is 0 Å². The number of hydrogen-bond donors (Lipinski definition) is 1. The van der Waals surface area contributed by atoms with Gasteiger partial charge in [0.15, 0.2) is 5.78 Å². The van der Waals surface area contributed by atoms with Crippen LogP contribution in [-0.2, 0) is 4.79 Å². The first-order chi connectivity index (χ1) is 9.19. The normalized spacial score (nSPS) is 51.6. The standard InChI is InChI=1S/C18H26O2/c1-12-14(19)5-6-15-17(12,3)8-7-13-11-16(2,20)9-10-18(13,15)4/h5-6,13,15,20H,1,7-11H2,2-4H3/t13-,15-,16-,17+,18-/m0/s1. The molecule has 3 aliphatic carbocycles. The van der Waals surface area contributed by atoms with E-state index >= 15 is 0 Å². The molecule has 2 saturated carbocycles. The van der Waals surface area contributed by atoms with Gasteiger partial charge >= 0.3 is 0 Å². The Labute approximate surface area is 122 Å². The van der Waals surface area contributed by atoms with Crippen molar-refractivity contribution >= 4 is 5.78 Å². The molecule has 2 nitrogen and oxygen atoms in total. The minimum absolute atomic E-state index is 0.0831. The molecule has 5 atom stereocenters. The molecule has 0 saturated heterocycles. The summed E-state index contributed by atoms with van der Waals surface area (Å²) in [5.74, 6) is 1.04. The van der Waals surface area contributed by atoms with E-state index in [9.17, 15) is 9.90 Å². The first-order valence-electron chi connectivity index (χ1n) is 7.83. The minimum Gasteiger partial charge on any atom is -0.390 e. The molecule has 0 amide bonds. The van der Waals surface area contributed by atoms with Crippen molar-refractivity contribution in [2.45, 2.75) is 58.5 Å². The van der Waals surface area contributed by atoms with Crippen LogP contribution < -0.4 is 0 Å². The lowest BCUT2D eigenvalue weighted by molar-refractivity contribution is -0.124. The molecular formula is C18H26O2. The number of rotatable bonds is 0. The molecule has 0 bridgehead atoms. The first kappa shape index (κ1) is 14.1. The van der Waals surface area contributed by atoms with Crippen LogP contribution in [0.2, 0.25) is 0 Å². The molecule has 3 aliphatic rings. The van der Waals surface area contributed by atoms with Gasteiger partial charge in [-0.3, -0.25) is 4.79 Å². The van der Waals surface area contributed by atoms with Crippen molar-refractivity contribution in [3.05, 3.63) is 24.3 Å². The van der Waals surface area contributed by atoms with Crippen LogP contribution in [0.4, 0.5) is 0 Å². The van der Waals surface area contributed by atoms with Crippen molar-refractivity contribution in [1.82, 2.24) is 0 Å². The van der Waals surface area contributed by atoms with Gasteiger partial charge in [-0.25, -0.2) is 0 Å². The van der Waals surface area contributed by atoms with E-state index in [0.29, 0.717) is 11.8 Å². The topological polar surface area (TPSA) is 37.3 Å². The average molecular weight is 274 g/mol. The molecule has 0 spiro atoms. The molecule has 0 radical (unpaired) electrons. The third-order valence-electron chi connectivity index (χ3n) is 6.66. The fourth-order valence-electron chi connectivity index (χ4n) is 5.14. The van der Waals surface area contributed by atoms with Crippen molar-refractivity contribution in [2.24, 2.45) is 22.7 Å². The van der Waals surface area contributed by atoms with Crippen LogP contribution in [0.1, 0.15) is 52.9 Å². The van der Waals surface area contributed by atoms with E-state index in [2.05, 4.69) is 26.5 Å². The summed E-state index contributed by atoms with van der Waals surface area (Å²) >= 11 is 0. The first-order valence-corrected chi connectivity index (χ1v) is 7.83. The Morgan fingerprint density at radius 1 is 1.25 bits per heavy atom. The monoisotopic (exact) mass is 274 g/mol. The van der Waals surface area contributed by atoms with E-state index in [4.69, 9.17) is 0 Å². The Morgan fingerprint density at radius 3 is 2.65 bits per heavy atom. The van der Waals surface area contributed by atoms with Crippen molar-refractivity contribution in [1.29, 1.82) is 0 Å². The van der Waals surface area contributed by atoms with Crippen LogP contribution in [0.25, 0.3) is 0 Å². The summed E-state index contributed by atoms with van der Waals surface area (Å²) in [7, 11) is 0. The zero-order chi connectivity index (χ0) is 14.8. The SMILES string of the molecule is C=C1C(=O)C=C[C@@H]2[C@@]3(C)CC[C@](C)(O)C[C@@H]3CC[C@]12C. The number of fused-ring (bicyclic) bond motifs is 3. The third-order valence-corrected chi connectivity index (χ3v) is 6.66. The maximum Gasteiger partial charge on any atom is 0.181 e. The van der Waals surface area contributed by atoms with E-state index in [-0.39, 0.29) is 16.6 Å². The molecule has 0 unspecified atom stereocenters. The lowest BCUT2D eigenvalue weighted by atomic mass is 9.44. The van der Waals surface area contributed by atoms with E-state index < -0.39 is 5.60 Å². The number of hydrogen-bond acceptors (Lipinski definition) is 2. The smallest absolute Gasteiger partial charge is 0.181 e. The van der Waals surface area contributed by atoms with E-state index in [1.165, 1.54) is 0 Å². The highest BCUT2D eigenvalue weighted by Crippen LogP contribution is 2.63. The number of carbonyl (C=O) groups excluding carboxylic acids is 1. The summed E-state index contributed by atoms with van der Waals surface area (Å²) in [4.78, 5) is 12.0. The maximum atomic E-state index is 12.0. The predicted octanol–water partition coefficient (Wildman–Crippen LogP) is 3.66. The molecular weight excluding hydrogens is 248 g/mol. The Bertz CT molecular complexity index is 502. The van der Waals surface area contributed by atoms with Gasteiger partial charge < -0.3 is 5.11 Å². The molecule has 0 aromatic heterocycles. The highest BCUT2D eigenvalue weighted by atomic mass is 16.3. The molecule has 2 fully saturated rings. The molecule has 20 heavy (non-hydrogen) atoms. The van der Waals surface area contributed by atoms with Gasteiger partial charge in [0, 0.05) is 5.41 Å². The van der Waals surface area contributed by atoms with Gasteiger partial charge in [-0.2, -0.15) is 0 Å². The van der Waals surface area contributed by atoms with Crippen LogP contribution in [0, 0.1) is 22.7 Å². The molecule has 3 rings (SSSR count). The van der Waals surface area contributed by atoms with Crippen molar-refractivity contribution in [3.8, 4) is 0 Å². The summed E-state index contributed by atoms with van der Waals surface area (Å²) in [5.41, 5.74) is 0.390. The quantitative estimate of drug-likeness (QED) is 0.685. The minimum atomic E-state index is -0.511. The summed E-state index contributed by atoms with van der Waals surface area (Å²) in [6.07, 6.45) is 8.78. The zero-order valence-corrected chi connectivity index (χ0v) is 12.9. The summed E-state index contributed by atoms with van der Waals surface area (Å²) in [6, 6.07) is 0. The molecule has 110 valence electrons. The van der Waals surface area contributed by atoms with Gasteiger partial charge in [-0.15, -0.1) is 0 Å². The van der Waals surface area contributed by atoms with Crippen molar-refractivity contribution < 1.29 is 9.90 Å². The van der Waals surface area contributed by atoms with E-state index in [0.717, 1.165) is 37.7 Å². The molecule has 1 N–H and O–H groups in total. The van der Waals surface area contributed by atoms with Gasteiger partial charge in [0.1, 0.15) is 0 Å². The molecule has 2 heteroatoms. The molecule has 0 aromatic carbocycles. The summed E-state index contributed by atoms with van der Waals surface area (Å²) in [6.45, 7) is 10.7. The molecule has 0 aliphatic heterocycles.